The predicted molar refractivity (Wildman–Crippen MR) is 137 cm³/mol. The number of alkyl halides is 3. The summed E-state index contributed by atoms with van der Waals surface area (Å²) in [6.07, 6.45) is -2.76. The van der Waals surface area contributed by atoms with E-state index in [0.29, 0.717) is 22.4 Å². The standard InChI is InChI=1S/C27H29BF3N3O3/c1-17(22-8-6-7-15-32-22)33-24(35)18-9-14-23(34-20-12-10-19(11-13-20)27(29,30)31)21(16-18)28-36-25(2,3)26(4,5)37-28/h6-17,34H,1-5H3,(H,33,35)/t17-/m0/s1. The van der Waals surface area contributed by atoms with Crippen LogP contribution < -0.4 is 16.1 Å². The molecule has 3 aromatic rings. The molecule has 1 aromatic heterocycles. The summed E-state index contributed by atoms with van der Waals surface area (Å²) in [7, 11) is -0.803. The van der Waals surface area contributed by atoms with Gasteiger partial charge in [0.05, 0.1) is 28.5 Å². The summed E-state index contributed by atoms with van der Waals surface area (Å²) in [4.78, 5) is 17.4. The van der Waals surface area contributed by atoms with Crippen LogP contribution in [-0.4, -0.2) is 29.2 Å². The second kappa shape index (κ2) is 9.83. The number of halogens is 3. The number of hydrogen-bond acceptors (Lipinski definition) is 5. The van der Waals surface area contributed by atoms with Gasteiger partial charge in [-0.05, 0) is 89.2 Å². The summed E-state index contributed by atoms with van der Waals surface area (Å²) in [6.45, 7) is 9.51. The van der Waals surface area contributed by atoms with E-state index in [2.05, 4.69) is 15.6 Å². The number of aromatic nitrogens is 1. The van der Waals surface area contributed by atoms with Crippen LogP contribution in [0.3, 0.4) is 0 Å². The molecule has 0 saturated carbocycles. The molecule has 6 nitrogen and oxygen atoms in total. The summed E-state index contributed by atoms with van der Waals surface area (Å²) in [6, 6.07) is 14.9. The topological polar surface area (TPSA) is 72.5 Å². The van der Waals surface area contributed by atoms with Gasteiger partial charge in [-0.3, -0.25) is 9.78 Å². The van der Waals surface area contributed by atoms with Crippen molar-refractivity contribution in [2.75, 3.05) is 5.32 Å². The summed E-state index contributed by atoms with van der Waals surface area (Å²) in [5, 5.41) is 6.09. The lowest BCUT2D eigenvalue weighted by Gasteiger charge is -2.32. The Hall–Kier alpha value is -3.37. The molecule has 2 heterocycles. The summed E-state index contributed by atoms with van der Waals surface area (Å²) in [5.74, 6) is -0.308. The van der Waals surface area contributed by atoms with Crippen molar-refractivity contribution in [3.63, 3.8) is 0 Å². The van der Waals surface area contributed by atoms with Crippen molar-refractivity contribution in [1.82, 2.24) is 10.3 Å². The Morgan fingerprint density at radius 1 is 0.973 bits per heavy atom. The second-order valence-electron chi connectivity index (χ2n) is 10.0. The van der Waals surface area contributed by atoms with Crippen LogP contribution in [0.5, 0.6) is 0 Å². The average Bonchev–Trinajstić information content (AvgIpc) is 3.06. The molecule has 1 saturated heterocycles. The molecule has 0 bridgehead atoms. The zero-order valence-electron chi connectivity index (χ0n) is 21.3. The molecule has 2 N–H and O–H groups in total. The van der Waals surface area contributed by atoms with Crippen molar-refractivity contribution in [3.05, 3.63) is 83.7 Å². The van der Waals surface area contributed by atoms with E-state index in [0.717, 1.165) is 17.8 Å². The maximum Gasteiger partial charge on any atom is 0.497 e. The molecule has 1 amide bonds. The lowest BCUT2D eigenvalue weighted by atomic mass is 9.76. The van der Waals surface area contributed by atoms with Gasteiger partial charge in [0.15, 0.2) is 0 Å². The minimum atomic E-state index is -4.42. The van der Waals surface area contributed by atoms with Gasteiger partial charge < -0.3 is 19.9 Å². The van der Waals surface area contributed by atoms with Gasteiger partial charge in [-0.15, -0.1) is 0 Å². The van der Waals surface area contributed by atoms with Gasteiger partial charge in [-0.25, -0.2) is 0 Å². The molecular formula is C27H29BF3N3O3. The number of nitrogens with zero attached hydrogens (tertiary/aromatic N) is 1. The number of rotatable bonds is 6. The Bertz CT molecular complexity index is 1250. The summed E-state index contributed by atoms with van der Waals surface area (Å²) < 4.78 is 51.4. The summed E-state index contributed by atoms with van der Waals surface area (Å²) in [5.41, 5.74) is 0.659. The normalized spacial score (nSPS) is 17.4. The van der Waals surface area contributed by atoms with E-state index < -0.39 is 30.1 Å². The maximum atomic E-state index is 13.1. The first-order chi connectivity index (χ1) is 17.3. The molecule has 2 aromatic carbocycles. The number of hydrogen-bond donors (Lipinski definition) is 2. The molecule has 1 fully saturated rings. The fourth-order valence-electron chi connectivity index (χ4n) is 3.87. The van der Waals surface area contributed by atoms with Gasteiger partial charge in [-0.2, -0.15) is 13.2 Å². The van der Waals surface area contributed by atoms with Gasteiger partial charge in [0.1, 0.15) is 0 Å². The van der Waals surface area contributed by atoms with Gasteiger partial charge in [0.2, 0.25) is 0 Å². The molecule has 0 radical (unpaired) electrons. The monoisotopic (exact) mass is 511 g/mol. The fourth-order valence-corrected chi connectivity index (χ4v) is 3.87. The van der Waals surface area contributed by atoms with E-state index in [1.165, 1.54) is 12.1 Å². The van der Waals surface area contributed by atoms with Crippen molar-refractivity contribution < 1.29 is 27.3 Å². The Morgan fingerprint density at radius 3 is 2.19 bits per heavy atom. The van der Waals surface area contributed by atoms with Crippen LogP contribution in [0.4, 0.5) is 24.5 Å². The highest BCUT2D eigenvalue weighted by molar-refractivity contribution is 6.64. The first kappa shape index (κ1) is 26.7. The molecule has 4 rings (SSSR count). The largest absolute Gasteiger partial charge is 0.497 e. The number of benzene rings is 2. The van der Waals surface area contributed by atoms with Crippen LogP contribution in [0.1, 0.15) is 62.3 Å². The molecule has 0 unspecified atom stereocenters. The van der Waals surface area contributed by atoms with E-state index in [1.807, 2.05) is 46.8 Å². The minimum absolute atomic E-state index is 0.308. The molecular weight excluding hydrogens is 482 g/mol. The van der Waals surface area contributed by atoms with Crippen molar-refractivity contribution >= 4 is 29.9 Å². The van der Waals surface area contributed by atoms with Crippen LogP contribution in [0.2, 0.25) is 0 Å². The molecule has 194 valence electrons. The van der Waals surface area contributed by atoms with Crippen molar-refractivity contribution in [2.24, 2.45) is 0 Å². The predicted octanol–water partition coefficient (Wildman–Crippen LogP) is 5.63. The van der Waals surface area contributed by atoms with Crippen molar-refractivity contribution in [2.45, 2.75) is 58.0 Å². The van der Waals surface area contributed by atoms with Crippen molar-refractivity contribution in [1.29, 1.82) is 0 Å². The van der Waals surface area contributed by atoms with Gasteiger partial charge >= 0.3 is 13.3 Å². The first-order valence-electron chi connectivity index (χ1n) is 11.9. The number of carbonyl (C=O) groups excluding carboxylic acids is 1. The Balaban J connectivity index is 1.64. The number of nitrogens with one attached hydrogen (secondary N) is 2. The third-order valence-electron chi connectivity index (χ3n) is 6.79. The van der Waals surface area contributed by atoms with E-state index in [9.17, 15) is 18.0 Å². The maximum absolute atomic E-state index is 13.1. The quantitative estimate of drug-likeness (QED) is 0.420. The SMILES string of the molecule is C[C@H](NC(=O)c1ccc(Nc2ccc(C(F)(F)F)cc2)c(B2OC(C)(C)C(C)(C)O2)c1)c1ccccn1. The number of carbonyl (C=O) groups is 1. The average molecular weight is 511 g/mol. The zero-order valence-corrected chi connectivity index (χ0v) is 21.3. The molecule has 0 aliphatic carbocycles. The lowest BCUT2D eigenvalue weighted by Crippen LogP contribution is -2.41. The molecule has 1 atom stereocenters. The third-order valence-corrected chi connectivity index (χ3v) is 6.79. The Morgan fingerprint density at radius 2 is 1.62 bits per heavy atom. The van der Waals surface area contributed by atoms with Crippen LogP contribution in [0, 0.1) is 0 Å². The highest BCUT2D eigenvalue weighted by atomic mass is 19.4. The number of anilines is 2. The fraction of sp³-hybridized carbons (Fsp3) is 0.333. The molecule has 1 aliphatic rings. The molecule has 0 spiro atoms. The smallest absolute Gasteiger partial charge is 0.399 e. The Labute approximate surface area is 214 Å². The van der Waals surface area contributed by atoms with Crippen molar-refractivity contribution in [3.8, 4) is 0 Å². The molecule has 1 aliphatic heterocycles. The number of pyridine rings is 1. The first-order valence-corrected chi connectivity index (χ1v) is 11.9. The van der Waals surface area contributed by atoms with Crippen LogP contribution in [-0.2, 0) is 15.5 Å². The van der Waals surface area contributed by atoms with Crippen LogP contribution >= 0.6 is 0 Å². The van der Waals surface area contributed by atoms with Crippen LogP contribution in [0.15, 0.2) is 66.9 Å². The van der Waals surface area contributed by atoms with Gasteiger partial charge in [0, 0.05) is 28.6 Å². The van der Waals surface area contributed by atoms with E-state index in [4.69, 9.17) is 9.31 Å². The highest BCUT2D eigenvalue weighted by Crippen LogP contribution is 2.37. The van der Waals surface area contributed by atoms with Gasteiger partial charge in [0.25, 0.3) is 5.91 Å². The second-order valence-corrected chi connectivity index (χ2v) is 10.0. The minimum Gasteiger partial charge on any atom is -0.399 e. The summed E-state index contributed by atoms with van der Waals surface area (Å²) >= 11 is 0. The zero-order chi connectivity index (χ0) is 27.0. The Kier molecular flexibility index (Phi) is 7.09. The number of amides is 1. The van der Waals surface area contributed by atoms with Gasteiger partial charge in [-0.1, -0.05) is 6.07 Å². The highest BCUT2D eigenvalue weighted by Gasteiger charge is 2.52. The molecule has 10 heteroatoms. The molecule has 37 heavy (non-hydrogen) atoms. The van der Waals surface area contributed by atoms with E-state index in [-0.39, 0.29) is 11.9 Å². The lowest BCUT2D eigenvalue weighted by molar-refractivity contribution is -0.137. The van der Waals surface area contributed by atoms with E-state index >= 15 is 0 Å². The van der Waals surface area contributed by atoms with Crippen LogP contribution in [0.25, 0.3) is 0 Å². The third kappa shape index (κ3) is 5.81. The van der Waals surface area contributed by atoms with E-state index in [1.54, 1.807) is 30.5 Å².